The molecular weight excluding hydrogens is 322 g/mol. The van der Waals surface area contributed by atoms with Gasteiger partial charge in [0.05, 0.1) is 12.1 Å². The number of amides is 2. The lowest BCUT2D eigenvalue weighted by Crippen LogP contribution is -2.53. The van der Waals surface area contributed by atoms with Crippen molar-refractivity contribution in [2.24, 2.45) is 0 Å². The van der Waals surface area contributed by atoms with Gasteiger partial charge in [-0.15, -0.1) is 0 Å². The van der Waals surface area contributed by atoms with Crippen molar-refractivity contribution in [3.05, 3.63) is 53.7 Å². The SMILES string of the molecule is Cc1ccc(C(=O)N2C[C@@H]3[C@@H](C2)OCC(=O)N3Cc2ccncc2)o1. The Kier molecular flexibility index (Phi) is 4.01. The zero-order chi connectivity index (χ0) is 17.4. The van der Waals surface area contributed by atoms with Gasteiger partial charge in [-0.2, -0.15) is 0 Å². The molecule has 2 saturated heterocycles. The van der Waals surface area contributed by atoms with E-state index in [-0.39, 0.29) is 30.6 Å². The fourth-order valence-corrected chi connectivity index (χ4v) is 3.43. The minimum atomic E-state index is -0.167. The zero-order valence-electron chi connectivity index (χ0n) is 13.9. The highest BCUT2D eigenvalue weighted by atomic mass is 16.5. The number of pyridine rings is 1. The first-order valence-corrected chi connectivity index (χ1v) is 8.27. The van der Waals surface area contributed by atoms with Crippen LogP contribution in [0.3, 0.4) is 0 Å². The zero-order valence-corrected chi connectivity index (χ0v) is 13.9. The summed E-state index contributed by atoms with van der Waals surface area (Å²) in [7, 11) is 0. The molecule has 25 heavy (non-hydrogen) atoms. The summed E-state index contributed by atoms with van der Waals surface area (Å²) in [5.41, 5.74) is 1.01. The Labute approximate surface area is 145 Å². The smallest absolute Gasteiger partial charge is 0.289 e. The van der Waals surface area contributed by atoms with Gasteiger partial charge in [-0.25, -0.2) is 0 Å². The molecule has 0 bridgehead atoms. The van der Waals surface area contributed by atoms with Crippen molar-refractivity contribution in [2.45, 2.75) is 25.6 Å². The number of carbonyl (C=O) groups is 2. The average molecular weight is 341 g/mol. The van der Waals surface area contributed by atoms with E-state index in [4.69, 9.17) is 9.15 Å². The molecule has 2 aliphatic rings. The molecule has 2 aliphatic heterocycles. The third kappa shape index (κ3) is 3.02. The lowest BCUT2D eigenvalue weighted by atomic mass is 10.1. The van der Waals surface area contributed by atoms with E-state index in [2.05, 4.69) is 4.98 Å². The van der Waals surface area contributed by atoms with Crippen LogP contribution in [0.5, 0.6) is 0 Å². The largest absolute Gasteiger partial charge is 0.456 e. The minimum Gasteiger partial charge on any atom is -0.456 e. The summed E-state index contributed by atoms with van der Waals surface area (Å²) < 4.78 is 11.1. The monoisotopic (exact) mass is 341 g/mol. The second kappa shape index (κ2) is 6.33. The Morgan fingerprint density at radius 3 is 2.76 bits per heavy atom. The van der Waals surface area contributed by atoms with Crippen LogP contribution < -0.4 is 0 Å². The van der Waals surface area contributed by atoms with Crippen molar-refractivity contribution in [3.63, 3.8) is 0 Å². The van der Waals surface area contributed by atoms with Crippen molar-refractivity contribution in [3.8, 4) is 0 Å². The van der Waals surface area contributed by atoms with Gasteiger partial charge in [0.25, 0.3) is 5.91 Å². The first kappa shape index (κ1) is 15.8. The number of nitrogens with zero attached hydrogens (tertiary/aromatic N) is 3. The molecule has 2 amide bonds. The van der Waals surface area contributed by atoms with E-state index in [1.54, 1.807) is 36.4 Å². The highest BCUT2D eigenvalue weighted by molar-refractivity contribution is 5.92. The Morgan fingerprint density at radius 2 is 2.04 bits per heavy atom. The van der Waals surface area contributed by atoms with Gasteiger partial charge in [0.15, 0.2) is 5.76 Å². The Hall–Kier alpha value is -2.67. The van der Waals surface area contributed by atoms with Gasteiger partial charge in [-0.05, 0) is 36.8 Å². The minimum absolute atomic E-state index is 0.0497. The molecule has 0 spiro atoms. The molecule has 4 rings (SSSR count). The molecule has 2 atom stereocenters. The highest BCUT2D eigenvalue weighted by Gasteiger charge is 2.45. The summed E-state index contributed by atoms with van der Waals surface area (Å²) >= 11 is 0. The van der Waals surface area contributed by atoms with Gasteiger partial charge in [0, 0.05) is 32.0 Å². The van der Waals surface area contributed by atoms with Crippen LogP contribution in [0, 0.1) is 6.92 Å². The number of ether oxygens (including phenoxy) is 1. The molecule has 4 heterocycles. The van der Waals surface area contributed by atoms with E-state index in [9.17, 15) is 9.59 Å². The maximum Gasteiger partial charge on any atom is 0.289 e. The van der Waals surface area contributed by atoms with Crippen LogP contribution in [0.25, 0.3) is 0 Å². The van der Waals surface area contributed by atoms with E-state index in [0.29, 0.717) is 31.2 Å². The topological polar surface area (TPSA) is 75.9 Å². The molecule has 130 valence electrons. The number of furan rings is 1. The van der Waals surface area contributed by atoms with Crippen molar-refractivity contribution in [2.75, 3.05) is 19.7 Å². The van der Waals surface area contributed by atoms with Crippen LogP contribution >= 0.6 is 0 Å². The fraction of sp³-hybridized carbons (Fsp3) is 0.389. The summed E-state index contributed by atoms with van der Waals surface area (Å²) in [6, 6.07) is 7.09. The van der Waals surface area contributed by atoms with Crippen LogP contribution in [0.15, 0.2) is 41.1 Å². The van der Waals surface area contributed by atoms with Crippen LogP contribution in [0.2, 0.25) is 0 Å². The van der Waals surface area contributed by atoms with E-state index in [1.165, 1.54) is 0 Å². The van der Waals surface area contributed by atoms with Crippen LogP contribution in [-0.4, -0.2) is 58.4 Å². The average Bonchev–Trinajstić information content (AvgIpc) is 3.24. The summed E-state index contributed by atoms with van der Waals surface area (Å²) in [5.74, 6) is 0.803. The number of hydrogen-bond donors (Lipinski definition) is 0. The lowest BCUT2D eigenvalue weighted by molar-refractivity contribution is -0.153. The molecule has 0 saturated carbocycles. The molecule has 7 nitrogen and oxygen atoms in total. The van der Waals surface area contributed by atoms with Crippen molar-refractivity contribution in [1.82, 2.24) is 14.8 Å². The predicted molar refractivity (Wildman–Crippen MR) is 87.7 cm³/mol. The maximum absolute atomic E-state index is 12.6. The molecule has 7 heteroatoms. The van der Waals surface area contributed by atoms with Gasteiger partial charge in [-0.1, -0.05) is 0 Å². The number of morpholine rings is 1. The van der Waals surface area contributed by atoms with Crippen LogP contribution in [0.4, 0.5) is 0 Å². The van der Waals surface area contributed by atoms with Crippen molar-refractivity contribution in [1.29, 1.82) is 0 Å². The normalized spacial score (nSPS) is 23.0. The Morgan fingerprint density at radius 1 is 1.24 bits per heavy atom. The Bertz CT molecular complexity index is 789. The molecule has 0 unspecified atom stereocenters. The predicted octanol–water partition coefficient (Wildman–Crippen LogP) is 1.24. The molecule has 0 aliphatic carbocycles. The molecule has 2 aromatic heterocycles. The second-order valence-corrected chi connectivity index (χ2v) is 6.41. The molecule has 2 fully saturated rings. The number of aromatic nitrogens is 1. The van der Waals surface area contributed by atoms with Crippen molar-refractivity contribution >= 4 is 11.8 Å². The summed E-state index contributed by atoms with van der Waals surface area (Å²) in [5, 5.41) is 0. The van der Waals surface area contributed by atoms with Gasteiger partial charge in [0.1, 0.15) is 12.4 Å². The number of rotatable bonds is 3. The highest BCUT2D eigenvalue weighted by Crippen LogP contribution is 2.26. The van der Waals surface area contributed by atoms with Crippen molar-refractivity contribution < 1.29 is 18.7 Å². The van der Waals surface area contributed by atoms with E-state index in [0.717, 1.165) is 5.56 Å². The van der Waals surface area contributed by atoms with Gasteiger partial charge in [0.2, 0.25) is 5.91 Å². The Balaban J connectivity index is 1.51. The van der Waals surface area contributed by atoms with E-state index < -0.39 is 0 Å². The molecule has 0 N–H and O–H groups in total. The van der Waals surface area contributed by atoms with Crippen LogP contribution in [0.1, 0.15) is 21.9 Å². The summed E-state index contributed by atoms with van der Waals surface area (Å²) in [6.07, 6.45) is 3.25. The summed E-state index contributed by atoms with van der Waals surface area (Å²) in [4.78, 5) is 32.5. The molecule has 0 aromatic carbocycles. The number of fused-ring (bicyclic) bond motifs is 1. The fourth-order valence-electron chi connectivity index (χ4n) is 3.43. The first-order valence-electron chi connectivity index (χ1n) is 8.27. The maximum atomic E-state index is 12.6. The van der Waals surface area contributed by atoms with Gasteiger partial charge < -0.3 is 19.0 Å². The second-order valence-electron chi connectivity index (χ2n) is 6.41. The quantitative estimate of drug-likeness (QED) is 0.839. The first-order chi connectivity index (χ1) is 12.1. The summed E-state index contributed by atoms with van der Waals surface area (Å²) in [6.45, 7) is 3.25. The standard InChI is InChI=1S/C18H19N3O4/c1-12-2-3-15(25-12)18(23)20-9-14-16(10-20)24-11-17(22)21(14)8-13-4-6-19-7-5-13/h2-7,14,16H,8-11H2,1H3/t14-,16-/m1/s1. The van der Waals surface area contributed by atoms with Crippen LogP contribution in [-0.2, 0) is 16.1 Å². The number of likely N-dealkylation sites (tertiary alicyclic amines) is 1. The molecular formula is C18H19N3O4. The van der Waals surface area contributed by atoms with Gasteiger partial charge >= 0.3 is 0 Å². The number of aryl methyl sites for hydroxylation is 1. The van der Waals surface area contributed by atoms with E-state index in [1.807, 2.05) is 17.0 Å². The number of hydrogen-bond acceptors (Lipinski definition) is 5. The number of carbonyl (C=O) groups excluding carboxylic acids is 2. The van der Waals surface area contributed by atoms with Gasteiger partial charge in [-0.3, -0.25) is 14.6 Å². The molecule has 0 radical (unpaired) electrons. The lowest BCUT2D eigenvalue weighted by Gasteiger charge is -2.36. The third-order valence-electron chi connectivity index (χ3n) is 4.72. The van der Waals surface area contributed by atoms with E-state index >= 15 is 0 Å². The third-order valence-corrected chi connectivity index (χ3v) is 4.72. The molecule has 2 aromatic rings.